The predicted molar refractivity (Wildman–Crippen MR) is 116 cm³/mol. The van der Waals surface area contributed by atoms with Crippen molar-refractivity contribution in [2.45, 2.75) is 38.6 Å². The average Bonchev–Trinajstić information content (AvgIpc) is 3.18. The predicted octanol–water partition coefficient (Wildman–Crippen LogP) is 2.65. The van der Waals surface area contributed by atoms with E-state index >= 15 is 0 Å². The molecule has 0 N–H and O–H groups in total. The Hall–Kier alpha value is -2.47. The van der Waals surface area contributed by atoms with Gasteiger partial charge < -0.3 is 14.7 Å². The molecule has 6 heteroatoms. The molecule has 2 aliphatic heterocycles. The zero-order valence-electron chi connectivity index (χ0n) is 18.1. The Kier molecular flexibility index (Phi) is 5.07. The molecule has 0 radical (unpaired) electrons. The highest BCUT2D eigenvalue weighted by Gasteiger charge is 2.43. The van der Waals surface area contributed by atoms with Gasteiger partial charge in [-0.3, -0.25) is 4.79 Å². The van der Waals surface area contributed by atoms with Crippen molar-refractivity contribution >= 4 is 11.7 Å². The monoisotopic (exact) mass is 393 g/mol. The second-order valence-corrected chi connectivity index (χ2v) is 9.02. The van der Waals surface area contributed by atoms with Crippen molar-refractivity contribution < 1.29 is 4.79 Å². The molecule has 2 saturated heterocycles. The molecule has 0 saturated carbocycles. The number of likely N-dealkylation sites (N-methyl/N-ethyl adjacent to an activating group) is 1. The van der Waals surface area contributed by atoms with Crippen LogP contribution in [-0.4, -0.2) is 72.0 Å². The number of rotatable bonds is 4. The summed E-state index contributed by atoms with van der Waals surface area (Å²) in [5.74, 6) is 1.18. The minimum atomic E-state index is -0.0638. The number of aromatic nitrogens is 2. The van der Waals surface area contributed by atoms with Crippen LogP contribution in [0, 0.1) is 13.8 Å². The van der Waals surface area contributed by atoms with Gasteiger partial charge in [-0.05, 0) is 39.9 Å². The van der Waals surface area contributed by atoms with E-state index in [0.29, 0.717) is 25.0 Å². The van der Waals surface area contributed by atoms with Crippen LogP contribution < -0.4 is 4.90 Å². The molecule has 2 fully saturated rings. The Morgan fingerprint density at radius 2 is 1.83 bits per heavy atom. The molecule has 1 aromatic heterocycles. The third-order valence-electron chi connectivity index (χ3n) is 6.59. The maximum absolute atomic E-state index is 13.1. The summed E-state index contributed by atoms with van der Waals surface area (Å²) in [6.07, 6.45) is 1.11. The van der Waals surface area contributed by atoms with Crippen LogP contribution >= 0.6 is 0 Å². The first-order chi connectivity index (χ1) is 13.8. The summed E-state index contributed by atoms with van der Waals surface area (Å²) < 4.78 is 0. The van der Waals surface area contributed by atoms with E-state index in [9.17, 15) is 4.79 Å². The Morgan fingerprint density at radius 3 is 2.45 bits per heavy atom. The van der Waals surface area contributed by atoms with Crippen LogP contribution in [0.3, 0.4) is 0 Å². The fourth-order valence-corrected chi connectivity index (χ4v) is 4.48. The Morgan fingerprint density at radius 1 is 1.14 bits per heavy atom. The molecule has 4 rings (SSSR count). The number of hydrogen-bond acceptors (Lipinski definition) is 5. The number of nitrogens with zero attached hydrogens (tertiary/aromatic N) is 5. The quantitative estimate of drug-likeness (QED) is 0.799. The van der Waals surface area contributed by atoms with E-state index in [4.69, 9.17) is 4.98 Å². The van der Waals surface area contributed by atoms with Gasteiger partial charge in [0.15, 0.2) is 0 Å². The highest BCUT2D eigenvalue weighted by molar-refractivity contribution is 5.92. The highest BCUT2D eigenvalue weighted by Crippen LogP contribution is 2.35. The molecule has 0 unspecified atom stereocenters. The van der Waals surface area contributed by atoms with Crippen molar-refractivity contribution in [2.24, 2.45) is 0 Å². The lowest BCUT2D eigenvalue weighted by Crippen LogP contribution is -2.59. The number of hydrogen-bond donors (Lipinski definition) is 0. The zero-order chi connectivity index (χ0) is 20.8. The Balaban J connectivity index is 1.52. The largest absolute Gasteiger partial charge is 0.355 e. The fraction of sp³-hybridized carbons (Fsp3) is 0.522. The number of aryl methyl sites for hydroxylation is 1. The van der Waals surface area contributed by atoms with E-state index in [0.717, 1.165) is 36.6 Å². The summed E-state index contributed by atoms with van der Waals surface area (Å²) in [7, 11) is 4.24. The SMILES string of the molecule is Cc1nc(C(=O)N2CC(C)(c3ccccc3)C2)nc(N2CC[C@@H](N(C)C)C2)c1C. The number of benzene rings is 1. The number of amides is 1. The third-order valence-corrected chi connectivity index (χ3v) is 6.59. The molecular formula is C23H31N5O. The second-order valence-electron chi connectivity index (χ2n) is 9.02. The average molecular weight is 394 g/mol. The molecule has 29 heavy (non-hydrogen) atoms. The van der Waals surface area contributed by atoms with Crippen LogP contribution in [0.2, 0.25) is 0 Å². The summed E-state index contributed by atoms with van der Waals surface area (Å²) in [5.41, 5.74) is 3.24. The van der Waals surface area contributed by atoms with Gasteiger partial charge in [-0.2, -0.15) is 0 Å². The van der Waals surface area contributed by atoms with Crippen molar-refractivity contribution in [2.75, 3.05) is 45.2 Å². The highest BCUT2D eigenvalue weighted by atomic mass is 16.2. The van der Waals surface area contributed by atoms with Gasteiger partial charge in [0.25, 0.3) is 5.91 Å². The third kappa shape index (κ3) is 3.62. The number of likely N-dealkylation sites (tertiary alicyclic amines) is 1. The van der Waals surface area contributed by atoms with Crippen molar-refractivity contribution in [3.63, 3.8) is 0 Å². The van der Waals surface area contributed by atoms with E-state index in [1.165, 1.54) is 5.56 Å². The summed E-state index contributed by atoms with van der Waals surface area (Å²) in [6.45, 7) is 9.54. The van der Waals surface area contributed by atoms with Crippen molar-refractivity contribution in [3.05, 3.63) is 53.0 Å². The molecule has 6 nitrogen and oxygen atoms in total. The summed E-state index contributed by atoms with van der Waals surface area (Å²) in [6, 6.07) is 10.9. The first-order valence-corrected chi connectivity index (χ1v) is 10.4. The lowest BCUT2D eigenvalue weighted by molar-refractivity contribution is 0.0421. The minimum absolute atomic E-state index is 0.00732. The van der Waals surface area contributed by atoms with Crippen LogP contribution in [0.15, 0.2) is 30.3 Å². The molecule has 3 heterocycles. The summed E-state index contributed by atoms with van der Waals surface area (Å²) in [4.78, 5) is 28.8. The lowest BCUT2D eigenvalue weighted by atomic mass is 9.75. The molecule has 2 aromatic rings. The van der Waals surface area contributed by atoms with Crippen LogP contribution in [-0.2, 0) is 5.41 Å². The smallest absolute Gasteiger partial charge is 0.291 e. The van der Waals surface area contributed by atoms with Crippen LogP contribution in [0.25, 0.3) is 0 Å². The van der Waals surface area contributed by atoms with Crippen molar-refractivity contribution in [1.82, 2.24) is 19.8 Å². The molecule has 1 aromatic carbocycles. The van der Waals surface area contributed by atoms with Gasteiger partial charge in [0.05, 0.1) is 0 Å². The fourth-order valence-electron chi connectivity index (χ4n) is 4.48. The van der Waals surface area contributed by atoms with Crippen LogP contribution in [0.4, 0.5) is 5.82 Å². The van der Waals surface area contributed by atoms with Crippen molar-refractivity contribution in [1.29, 1.82) is 0 Å². The molecule has 0 bridgehead atoms. The van der Waals surface area contributed by atoms with Crippen LogP contribution in [0.5, 0.6) is 0 Å². The first-order valence-electron chi connectivity index (χ1n) is 10.4. The van der Waals surface area contributed by atoms with E-state index in [1.807, 2.05) is 17.9 Å². The molecule has 1 amide bonds. The lowest BCUT2D eigenvalue weighted by Gasteiger charge is -2.48. The summed E-state index contributed by atoms with van der Waals surface area (Å²) >= 11 is 0. The van der Waals surface area contributed by atoms with Gasteiger partial charge in [0.2, 0.25) is 5.82 Å². The number of carbonyl (C=O) groups excluding carboxylic acids is 1. The van der Waals surface area contributed by atoms with E-state index < -0.39 is 0 Å². The number of carbonyl (C=O) groups is 1. The molecule has 1 atom stereocenters. The maximum Gasteiger partial charge on any atom is 0.291 e. The van der Waals surface area contributed by atoms with Gasteiger partial charge in [-0.25, -0.2) is 9.97 Å². The topological polar surface area (TPSA) is 52.6 Å². The Bertz CT molecular complexity index is 905. The molecule has 0 spiro atoms. The van der Waals surface area contributed by atoms with E-state index in [-0.39, 0.29) is 11.3 Å². The van der Waals surface area contributed by atoms with Crippen LogP contribution in [0.1, 0.15) is 40.8 Å². The zero-order valence-corrected chi connectivity index (χ0v) is 18.1. The van der Waals surface area contributed by atoms with Gasteiger partial charge in [-0.15, -0.1) is 0 Å². The molecule has 0 aliphatic carbocycles. The van der Waals surface area contributed by atoms with Crippen molar-refractivity contribution in [3.8, 4) is 0 Å². The number of anilines is 1. The normalized spacial score (nSPS) is 20.8. The summed E-state index contributed by atoms with van der Waals surface area (Å²) in [5, 5.41) is 0. The first kappa shape index (κ1) is 19.8. The van der Waals surface area contributed by atoms with E-state index in [2.05, 4.69) is 67.0 Å². The van der Waals surface area contributed by atoms with Gasteiger partial charge >= 0.3 is 0 Å². The standard InChI is InChI=1S/C23H31N5O/c1-16-17(2)24-20(25-21(16)27-12-11-19(13-27)26(4)5)22(29)28-14-23(3,15-28)18-9-7-6-8-10-18/h6-10,19H,11-15H2,1-5H3/t19-/m1/s1. The minimum Gasteiger partial charge on any atom is -0.355 e. The second kappa shape index (κ2) is 7.41. The maximum atomic E-state index is 13.1. The van der Waals surface area contributed by atoms with E-state index in [1.54, 1.807) is 0 Å². The Labute approximate surface area is 173 Å². The van der Waals surface area contributed by atoms with Gasteiger partial charge in [0.1, 0.15) is 5.82 Å². The molecule has 154 valence electrons. The molecule has 2 aliphatic rings. The van der Waals surface area contributed by atoms with Gasteiger partial charge in [-0.1, -0.05) is 37.3 Å². The van der Waals surface area contributed by atoms with Gasteiger partial charge in [0, 0.05) is 48.9 Å². The molecular weight excluding hydrogens is 362 g/mol.